The Kier molecular flexibility index (Phi) is 6.29. The summed E-state index contributed by atoms with van der Waals surface area (Å²) in [5.74, 6) is 0.987. The monoisotopic (exact) mass is 374 g/mol. The first-order valence-electron chi connectivity index (χ1n) is 8.97. The van der Waals surface area contributed by atoms with E-state index in [2.05, 4.69) is 4.90 Å². The zero-order chi connectivity index (χ0) is 18.4. The van der Waals surface area contributed by atoms with Crippen LogP contribution < -0.4 is 4.74 Å². The van der Waals surface area contributed by atoms with Crippen LogP contribution in [0.25, 0.3) is 0 Å². The highest BCUT2D eigenvalue weighted by Gasteiger charge is 2.26. The molecule has 1 fully saturated rings. The molecule has 1 heterocycles. The molecule has 0 N–H and O–H groups in total. The number of para-hydroxylation sites is 1. The van der Waals surface area contributed by atoms with Crippen molar-refractivity contribution in [3.05, 3.63) is 65.7 Å². The van der Waals surface area contributed by atoms with Gasteiger partial charge >= 0.3 is 0 Å². The van der Waals surface area contributed by atoms with Gasteiger partial charge in [-0.05, 0) is 24.1 Å². The Labute approximate surface area is 156 Å². The number of rotatable bonds is 7. The highest BCUT2D eigenvalue weighted by molar-refractivity contribution is 7.88. The summed E-state index contributed by atoms with van der Waals surface area (Å²) < 4.78 is 32.6. The van der Waals surface area contributed by atoms with Crippen LogP contribution in [0.15, 0.2) is 54.6 Å². The molecule has 0 radical (unpaired) electrons. The van der Waals surface area contributed by atoms with Gasteiger partial charge in [0.05, 0.1) is 5.75 Å². The van der Waals surface area contributed by atoms with Crippen LogP contribution in [0.5, 0.6) is 5.75 Å². The van der Waals surface area contributed by atoms with E-state index in [9.17, 15) is 8.42 Å². The standard InChI is InChI=1S/C20H26N2O3S/c1-18-7-5-6-10-20(18)25-16-15-21-11-13-22(14-12-21)26(23,24)17-19-8-3-2-4-9-19/h2-10H,11-17H2,1H3. The van der Waals surface area contributed by atoms with Crippen molar-refractivity contribution < 1.29 is 13.2 Å². The second-order valence-electron chi connectivity index (χ2n) is 6.60. The van der Waals surface area contributed by atoms with Gasteiger partial charge in [-0.15, -0.1) is 0 Å². The van der Waals surface area contributed by atoms with E-state index in [1.807, 2.05) is 61.5 Å². The molecule has 0 aromatic heterocycles. The lowest BCUT2D eigenvalue weighted by atomic mass is 10.2. The predicted molar refractivity (Wildman–Crippen MR) is 104 cm³/mol. The molecule has 3 rings (SSSR count). The van der Waals surface area contributed by atoms with Gasteiger partial charge in [0.2, 0.25) is 10.0 Å². The normalized spacial score (nSPS) is 16.5. The van der Waals surface area contributed by atoms with Crippen molar-refractivity contribution in [3.63, 3.8) is 0 Å². The average Bonchev–Trinajstić information content (AvgIpc) is 2.64. The summed E-state index contributed by atoms with van der Waals surface area (Å²) in [5.41, 5.74) is 1.96. The lowest BCUT2D eigenvalue weighted by Gasteiger charge is -2.33. The van der Waals surface area contributed by atoms with Crippen molar-refractivity contribution >= 4 is 10.0 Å². The summed E-state index contributed by atoms with van der Waals surface area (Å²) >= 11 is 0. The quantitative estimate of drug-likeness (QED) is 0.747. The smallest absolute Gasteiger partial charge is 0.218 e. The fraction of sp³-hybridized carbons (Fsp3) is 0.400. The van der Waals surface area contributed by atoms with Crippen LogP contribution in [-0.2, 0) is 15.8 Å². The summed E-state index contributed by atoms with van der Waals surface area (Å²) in [6.07, 6.45) is 0. The molecule has 2 aromatic rings. The Morgan fingerprint density at radius 2 is 1.58 bits per heavy atom. The average molecular weight is 375 g/mol. The van der Waals surface area contributed by atoms with E-state index in [1.54, 1.807) is 4.31 Å². The molecular weight excluding hydrogens is 348 g/mol. The number of benzene rings is 2. The second kappa shape index (κ2) is 8.66. The van der Waals surface area contributed by atoms with E-state index in [-0.39, 0.29) is 5.75 Å². The summed E-state index contributed by atoms with van der Waals surface area (Å²) in [6.45, 7) is 6.02. The first kappa shape index (κ1) is 18.9. The van der Waals surface area contributed by atoms with Gasteiger partial charge < -0.3 is 4.74 Å². The number of nitrogens with zero attached hydrogens (tertiary/aromatic N) is 2. The van der Waals surface area contributed by atoms with E-state index < -0.39 is 10.0 Å². The van der Waals surface area contributed by atoms with Crippen LogP contribution in [0.4, 0.5) is 0 Å². The minimum atomic E-state index is -3.25. The van der Waals surface area contributed by atoms with Gasteiger partial charge in [-0.3, -0.25) is 4.90 Å². The Bertz CT molecular complexity index is 801. The molecule has 0 saturated carbocycles. The molecule has 1 aliphatic heterocycles. The molecule has 0 spiro atoms. The fourth-order valence-corrected chi connectivity index (χ4v) is 4.63. The van der Waals surface area contributed by atoms with Crippen molar-refractivity contribution in [2.45, 2.75) is 12.7 Å². The van der Waals surface area contributed by atoms with E-state index in [0.717, 1.165) is 36.5 Å². The maximum absolute atomic E-state index is 12.6. The number of sulfonamides is 1. The van der Waals surface area contributed by atoms with E-state index >= 15 is 0 Å². The van der Waals surface area contributed by atoms with Crippen LogP contribution in [-0.4, -0.2) is 57.0 Å². The highest BCUT2D eigenvalue weighted by Crippen LogP contribution is 2.17. The minimum absolute atomic E-state index is 0.0736. The number of ether oxygens (including phenoxy) is 1. The van der Waals surface area contributed by atoms with E-state index in [1.165, 1.54) is 0 Å². The Morgan fingerprint density at radius 3 is 2.27 bits per heavy atom. The predicted octanol–water partition coefficient (Wildman–Crippen LogP) is 2.52. The van der Waals surface area contributed by atoms with Crippen LogP contribution >= 0.6 is 0 Å². The Morgan fingerprint density at radius 1 is 0.923 bits per heavy atom. The SMILES string of the molecule is Cc1ccccc1OCCN1CCN(S(=O)(=O)Cc2ccccc2)CC1. The van der Waals surface area contributed by atoms with Crippen molar-refractivity contribution in [1.29, 1.82) is 0 Å². The summed E-state index contributed by atoms with van der Waals surface area (Å²) in [4.78, 5) is 2.26. The third kappa shape index (κ3) is 5.06. The molecule has 0 amide bonds. The molecule has 0 aliphatic carbocycles. The highest BCUT2D eigenvalue weighted by atomic mass is 32.2. The molecule has 0 unspecified atom stereocenters. The number of aryl methyl sites for hydroxylation is 1. The van der Waals surface area contributed by atoms with Crippen molar-refractivity contribution in [2.24, 2.45) is 0 Å². The van der Waals surface area contributed by atoms with Crippen molar-refractivity contribution in [3.8, 4) is 5.75 Å². The number of hydrogen-bond acceptors (Lipinski definition) is 4. The summed E-state index contributed by atoms with van der Waals surface area (Å²) in [5, 5.41) is 0. The third-order valence-electron chi connectivity index (χ3n) is 4.68. The largest absolute Gasteiger partial charge is 0.492 e. The maximum atomic E-state index is 12.6. The lowest BCUT2D eigenvalue weighted by Crippen LogP contribution is -2.49. The molecule has 1 aliphatic rings. The molecule has 6 heteroatoms. The van der Waals surface area contributed by atoms with Crippen LogP contribution in [0.1, 0.15) is 11.1 Å². The zero-order valence-electron chi connectivity index (χ0n) is 15.2. The summed E-state index contributed by atoms with van der Waals surface area (Å²) in [7, 11) is -3.25. The molecule has 140 valence electrons. The molecule has 2 aromatic carbocycles. The van der Waals surface area contributed by atoms with Gasteiger partial charge in [-0.2, -0.15) is 4.31 Å². The number of piperazine rings is 1. The Balaban J connectivity index is 1.44. The number of hydrogen-bond donors (Lipinski definition) is 0. The molecular formula is C20H26N2O3S. The summed E-state index contributed by atoms with van der Waals surface area (Å²) in [6, 6.07) is 17.3. The third-order valence-corrected chi connectivity index (χ3v) is 6.53. The Hall–Kier alpha value is -1.89. The van der Waals surface area contributed by atoms with E-state index in [0.29, 0.717) is 19.7 Å². The maximum Gasteiger partial charge on any atom is 0.218 e. The van der Waals surface area contributed by atoms with Gasteiger partial charge in [0.15, 0.2) is 0 Å². The first-order valence-corrected chi connectivity index (χ1v) is 10.6. The minimum Gasteiger partial charge on any atom is -0.492 e. The van der Waals surface area contributed by atoms with Crippen LogP contribution in [0.2, 0.25) is 0 Å². The molecule has 26 heavy (non-hydrogen) atoms. The second-order valence-corrected chi connectivity index (χ2v) is 8.57. The lowest BCUT2D eigenvalue weighted by molar-refractivity contribution is 0.158. The van der Waals surface area contributed by atoms with Crippen LogP contribution in [0, 0.1) is 6.92 Å². The van der Waals surface area contributed by atoms with Gasteiger partial charge in [0.25, 0.3) is 0 Å². The fourth-order valence-electron chi connectivity index (χ4n) is 3.11. The molecule has 1 saturated heterocycles. The molecule has 5 nitrogen and oxygen atoms in total. The topological polar surface area (TPSA) is 49.9 Å². The van der Waals surface area contributed by atoms with E-state index in [4.69, 9.17) is 4.74 Å². The van der Waals surface area contributed by atoms with Crippen molar-refractivity contribution in [2.75, 3.05) is 39.3 Å². The zero-order valence-corrected chi connectivity index (χ0v) is 16.0. The van der Waals surface area contributed by atoms with Gasteiger partial charge in [0, 0.05) is 32.7 Å². The first-order chi connectivity index (χ1) is 12.5. The van der Waals surface area contributed by atoms with Gasteiger partial charge in [-0.25, -0.2) is 8.42 Å². The molecule has 0 bridgehead atoms. The van der Waals surface area contributed by atoms with Gasteiger partial charge in [0.1, 0.15) is 12.4 Å². The van der Waals surface area contributed by atoms with Crippen molar-refractivity contribution in [1.82, 2.24) is 9.21 Å². The van der Waals surface area contributed by atoms with Crippen LogP contribution in [0.3, 0.4) is 0 Å². The molecule has 0 atom stereocenters. The van der Waals surface area contributed by atoms with Gasteiger partial charge in [-0.1, -0.05) is 48.5 Å².